The first-order valence-electron chi connectivity index (χ1n) is 8.24. The summed E-state index contributed by atoms with van der Waals surface area (Å²) >= 11 is 12.3. The number of amides is 1. The summed E-state index contributed by atoms with van der Waals surface area (Å²) in [6, 6.07) is 13.0. The Hall–Kier alpha value is -2.09. The van der Waals surface area contributed by atoms with E-state index in [1.807, 2.05) is 49.4 Å². The molecular weight excluding hydrogens is 404 g/mol. The Morgan fingerprint density at radius 3 is 2.67 bits per heavy atom. The number of carbonyl (C=O) groups is 1. The van der Waals surface area contributed by atoms with Gasteiger partial charge >= 0.3 is 0 Å². The zero-order valence-electron chi connectivity index (χ0n) is 14.6. The monoisotopic (exact) mass is 420 g/mol. The minimum atomic E-state index is -0.116. The molecule has 140 valence electrons. The van der Waals surface area contributed by atoms with Gasteiger partial charge in [0, 0.05) is 5.02 Å². The van der Waals surface area contributed by atoms with Gasteiger partial charge in [0.2, 0.25) is 0 Å². The number of hydrogen-bond acceptors (Lipinski definition) is 6. The van der Waals surface area contributed by atoms with Crippen LogP contribution in [-0.4, -0.2) is 33.8 Å². The van der Waals surface area contributed by atoms with Crippen molar-refractivity contribution in [3.63, 3.8) is 0 Å². The largest absolute Gasteiger partial charge is 0.490 e. The van der Waals surface area contributed by atoms with E-state index in [0.29, 0.717) is 39.8 Å². The average Bonchev–Trinajstić information content (AvgIpc) is 2.99. The average molecular weight is 421 g/mol. The predicted octanol–water partition coefficient (Wildman–Crippen LogP) is 4.51. The highest BCUT2D eigenvalue weighted by molar-refractivity contribution is 8.23. The van der Waals surface area contributed by atoms with Crippen LogP contribution < -0.4 is 9.47 Å². The summed E-state index contributed by atoms with van der Waals surface area (Å²) in [6.45, 7) is 2.81. The zero-order valence-corrected chi connectivity index (χ0v) is 16.9. The number of rotatable bonds is 7. The summed E-state index contributed by atoms with van der Waals surface area (Å²) in [5.41, 5.74) is 1.79. The molecule has 3 rings (SSSR count). The molecule has 8 heteroatoms. The molecule has 0 saturated carbocycles. The topological polar surface area (TPSA) is 51.1 Å². The molecule has 1 fully saturated rings. The Morgan fingerprint density at radius 1 is 1.22 bits per heavy atom. The standard InChI is InChI=1S/C19H17ClN2O3S2/c1-2-24-17-9-14(10-21-22-18(23)12-27-19(22)26)5-8-16(17)25-11-13-3-6-15(20)7-4-13/h3-10H,2,11-12H2,1H3/b21-10+. The Balaban J connectivity index is 1.72. The van der Waals surface area contributed by atoms with Crippen molar-refractivity contribution in [1.82, 2.24) is 5.01 Å². The van der Waals surface area contributed by atoms with Crippen LogP contribution in [0, 0.1) is 0 Å². The molecule has 0 atom stereocenters. The predicted molar refractivity (Wildman–Crippen MR) is 113 cm³/mol. The second-order valence-corrected chi connectivity index (χ2v) is 7.60. The Labute approximate surface area is 172 Å². The van der Waals surface area contributed by atoms with Crippen molar-refractivity contribution in [2.45, 2.75) is 13.5 Å². The van der Waals surface area contributed by atoms with E-state index in [9.17, 15) is 4.79 Å². The third kappa shape index (κ3) is 5.22. The lowest BCUT2D eigenvalue weighted by Gasteiger charge is -2.13. The lowest BCUT2D eigenvalue weighted by Crippen LogP contribution is -2.22. The third-order valence-electron chi connectivity index (χ3n) is 3.63. The van der Waals surface area contributed by atoms with Crippen LogP contribution in [0.2, 0.25) is 5.02 Å². The summed E-state index contributed by atoms with van der Waals surface area (Å²) in [7, 11) is 0. The minimum absolute atomic E-state index is 0.116. The van der Waals surface area contributed by atoms with E-state index in [1.165, 1.54) is 16.8 Å². The number of hydrogen-bond donors (Lipinski definition) is 0. The van der Waals surface area contributed by atoms with Gasteiger partial charge in [-0.25, -0.2) is 0 Å². The van der Waals surface area contributed by atoms with Crippen LogP contribution in [0.1, 0.15) is 18.1 Å². The van der Waals surface area contributed by atoms with Gasteiger partial charge in [-0.15, -0.1) is 0 Å². The maximum Gasteiger partial charge on any atom is 0.259 e. The molecule has 0 aliphatic carbocycles. The van der Waals surface area contributed by atoms with Crippen LogP contribution in [-0.2, 0) is 11.4 Å². The fraction of sp³-hybridized carbons (Fsp3) is 0.211. The Bertz CT molecular complexity index is 856. The maximum absolute atomic E-state index is 11.7. The SMILES string of the molecule is CCOc1cc(/C=N/N2C(=O)CSC2=S)ccc1OCc1ccc(Cl)cc1. The molecule has 5 nitrogen and oxygen atoms in total. The van der Waals surface area contributed by atoms with Crippen molar-refractivity contribution in [2.24, 2.45) is 5.10 Å². The van der Waals surface area contributed by atoms with Crippen molar-refractivity contribution in [3.8, 4) is 11.5 Å². The van der Waals surface area contributed by atoms with Crippen molar-refractivity contribution >= 4 is 52.0 Å². The molecule has 0 radical (unpaired) electrons. The van der Waals surface area contributed by atoms with E-state index in [1.54, 1.807) is 6.21 Å². The second-order valence-electron chi connectivity index (χ2n) is 5.56. The number of halogens is 1. The van der Waals surface area contributed by atoms with Gasteiger partial charge in [0.25, 0.3) is 5.91 Å². The van der Waals surface area contributed by atoms with Gasteiger partial charge in [-0.1, -0.05) is 47.7 Å². The van der Waals surface area contributed by atoms with Gasteiger partial charge in [-0.2, -0.15) is 10.1 Å². The van der Waals surface area contributed by atoms with E-state index in [4.69, 9.17) is 33.3 Å². The molecule has 0 bridgehead atoms. The lowest BCUT2D eigenvalue weighted by atomic mass is 10.2. The van der Waals surface area contributed by atoms with Crippen LogP contribution >= 0.6 is 35.6 Å². The molecular formula is C19H17ClN2O3S2. The van der Waals surface area contributed by atoms with Gasteiger partial charge in [-0.05, 0) is 48.4 Å². The first-order chi connectivity index (χ1) is 13.1. The highest BCUT2D eigenvalue weighted by atomic mass is 35.5. The fourth-order valence-electron chi connectivity index (χ4n) is 2.32. The normalized spacial score (nSPS) is 14.2. The lowest BCUT2D eigenvalue weighted by molar-refractivity contribution is -0.123. The number of nitrogens with zero attached hydrogens (tertiary/aromatic N) is 2. The summed E-state index contributed by atoms with van der Waals surface area (Å²) in [6.07, 6.45) is 1.58. The molecule has 1 aliphatic rings. The third-order valence-corrected chi connectivity index (χ3v) is 5.22. The number of hydrazone groups is 1. The van der Waals surface area contributed by atoms with E-state index in [0.717, 1.165) is 11.1 Å². The van der Waals surface area contributed by atoms with Gasteiger partial charge in [0.05, 0.1) is 18.6 Å². The van der Waals surface area contributed by atoms with E-state index < -0.39 is 0 Å². The molecule has 1 aliphatic heterocycles. The summed E-state index contributed by atoms with van der Waals surface area (Å²) in [4.78, 5) is 11.7. The fourth-order valence-corrected chi connectivity index (χ4v) is 3.41. The van der Waals surface area contributed by atoms with Gasteiger partial charge < -0.3 is 9.47 Å². The number of thiocarbonyl (C=S) groups is 1. The van der Waals surface area contributed by atoms with Crippen LogP contribution in [0.25, 0.3) is 0 Å². The first-order valence-corrected chi connectivity index (χ1v) is 10.0. The molecule has 0 aromatic heterocycles. The van der Waals surface area contributed by atoms with E-state index in [-0.39, 0.29) is 5.91 Å². The number of benzene rings is 2. The van der Waals surface area contributed by atoms with E-state index in [2.05, 4.69) is 5.10 Å². The number of carbonyl (C=O) groups excluding carboxylic acids is 1. The highest BCUT2D eigenvalue weighted by Gasteiger charge is 2.25. The molecule has 0 N–H and O–H groups in total. The Kier molecular flexibility index (Phi) is 6.71. The molecule has 0 unspecified atom stereocenters. The summed E-state index contributed by atoms with van der Waals surface area (Å²) in [5, 5.41) is 6.10. The van der Waals surface area contributed by atoms with Crippen LogP contribution in [0.4, 0.5) is 0 Å². The van der Waals surface area contributed by atoms with Crippen molar-refractivity contribution < 1.29 is 14.3 Å². The maximum atomic E-state index is 11.7. The molecule has 27 heavy (non-hydrogen) atoms. The molecule has 0 spiro atoms. The van der Waals surface area contributed by atoms with Gasteiger partial charge in [0.1, 0.15) is 6.61 Å². The van der Waals surface area contributed by atoms with Crippen molar-refractivity contribution in [1.29, 1.82) is 0 Å². The van der Waals surface area contributed by atoms with Gasteiger partial charge in [-0.3, -0.25) is 4.79 Å². The molecule has 2 aromatic rings. The summed E-state index contributed by atoms with van der Waals surface area (Å²) in [5.74, 6) is 1.46. The van der Waals surface area contributed by atoms with Crippen molar-refractivity contribution in [3.05, 3.63) is 58.6 Å². The first kappa shape index (κ1) is 19.7. The van der Waals surface area contributed by atoms with E-state index >= 15 is 0 Å². The van der Waals surface area contributed by atoms with Crippen LogP contribution in [0.15, 0.2) is 47.6 Å². The molecule has 1 saturated heterocycles. The minimum Gasteiger partial charge on any atom is -0.490 e. The highest BCUT2D eigenvalue weighted by Crippen LogP contribution is 2.29. The van der Waals surface area contributed by atoms with Gasteiger partial charge in [0.15, 0.2) is 15.8 Å². The quantitative estimate of drug-likeness (QED) is 0.487. The number of ether oxygens (including phenoxy) is 2. The molecule has 1 amide bonds. The molecule has 1 heterocycles. The summed E-state index contributed by atoms with van der Waals surface area (Å²) < 4.78 is 12.0. The smallest absolute Gasteiger partial charge is 0.259 e. The second kappa shape index (κ2) is 9.21. The van der Waals surface area contributed by atoms with Crippen LogP contribution in [0.3, 0.4) is 0 Å². The zero-order chi connectivity index (χ0) is 19.2. The van der Waals surface area contributed by atoms with Crippen molar-refractivity contribution in [2.75, 3.05) is 12.4 Å². The van der Waals surface area contributed by atoms with Crippen LogP contribution in [0.5, 0.6) is 11.5 Å². The molecule has 2 aromatic carbocycles. The Morgan fingerprint density at radius 2 is 2.00 bits per heavy atom. The number of thioether (sulfide) groups is 1.